The van der Waals surface area contributed by atoms with E-state index in [-0.39, 0.29) is 0 Å². The monoisotopic (exact) mass is 481 g/mol. The molecule has 2 N–H and O–H groups in total. The summed E-state index contributed by atoms with van der Waals surface area (Å²) in [6, 6.07) is 9.58. The van der Waals surface area contributed by atoms with E-state index in [9.17, 15) is 9.59 Å². The van der Waals surface area contributed by atoms with Gasteiger partial charge in [-0.15, -0.1) is 11.3 Å². The third-order valence-corrected chi connectivity index (χ3v) is 6.85. The molecule has 0 fully saturated rings. The van der Waals surface area contributed by atoms with Crippen LogP contribution in [0.5, 0.6) is 0 Å². The number of rotatable bonds is 6. The fourth-order valence-corrected chi connectivity index (χ4v) is 5.30. The van der Waals surface area contributed by atoms with Crippen LogP contribution in [0.15, 0.2) is 69.0 Å². The number of carbonyl (C=O) groups excluding carboxylic acids is 2. The zero-order chi connectivity index (χ0) is 23.5. The molecule has 0 amide bonds. The van der Waals surface area contributed by atoms with Crippen molar-refractivity contribution in [2.45, 2.75) is 19.8 Å². The minimum absolute atomic E-state index is 0.357. The summed E-state index contributed by atoms with van der Waals surface area (Å²) in [4.78, 5) is 30.3. The molecule has 0 atom stereocenters. The predicted molar refractivity (Wildman–Crippen MR) is 130 cm³/mol. The van der Waals surface area contributed by atoms with Gasteiger partial charge in [0.25, 0.3) is 0 Å². The highest BCUT2D eigenvalue weighted by atomic mass is 32.1. The summed E-state index contributed by atoms with van der Waals surface area (Å²) in [5.41, 5.74) is 5.40. The average molecular weight is 482 g/mol. The number of dihydropyridines is 1. The van der Waals surface area contributed by atoms with Crippen LogP contribution in [0.1, 0.15) is 25.3 Å². The Balaban J connectivity index is 1.80. The smallest absolute Gasteiger partial charge is 0.336 e. The van der Waals surface area contributed by atoms with Gasteiger partial charge in [-0.05, 0) is 36.9 Å². The number of methoxy groups -OCH3 is 2. The number of carbonyl (C=O) groups is 2. The molecule has 0 bridgehead atoms. The molecular weight excluding hydrogens is 458 g/mol. The van der Waals surface area contributed by atoms with Crippen LogP contribution in [0.3, 0.4) is 0 Å². The molecule has 1 aromatic carbocycles. The van der Waals surface area contributed by atoms with E-state index in [4.69, 9.17) is 14.5 Å². The van der Waals surface area contributed by atoms with E-state index < -0.39 is 17.9 Å². The van der Waals surface area contributed by atoms with Gasteiger partial charge in [0.15, 0.2) is 5.13 Å². The summed E-state index contributed by atoms with van der Waals surface area (Å²) in [5.74, 6) is -1.70. The van der Waals surface area contributed by atoms with Crippen molar-refractivity contribution in [1.29, 1.82) is 0 Å². The van der Waals surface area contributed by atoms with Crippen LogP contribution in [0.4, 0.5) is 10.8 Å². The Hall–Kier alpha value is -3.43. The molecule has 170 valence electrons. The number of nitrogens with zero attached hydrogens (tertiary/aromatic N) is 1. The summed E-state index contributed by atoms with van der Waals surface area (Å²) in [6.07, 6.45) is 0. The molecular formula is C24H23N3O4S2. The van der Waals surface area contributed by atoms with Crippen LogP contribution in [0, 0.1) is 0 Å². The van der Waals surface area contributed by atoms with Gasteiger partial charge in [0.05, 0.1) is 37.0 Å². The summed E-state index contributed by atoms with van der Waals surface area (Å²) in [5, 5.41) is 13.3. The van der Waals surface area contributed by atoms with Crippen LogP contribution in [-0.4, -0.2) is 31.1 Å². The molecule has 0 saturated carbocycles. The van der Waals surface area contributed by atoms with E-state index in [2.05, 4.69) is 10.6 Å². The molecule has 0 unspecified atom stereocenters. The molecule has 0 radical (unpaired) electrons. The molecule has 1 aliphatic rings. The lowest BCUT2D eigenvalue weighted by Gasteiger charge is -2.31. The first-order valence-electron chi connectivity index (χ1n) is 10.1. The lowest BCUT2D eigenvalue weighted by atomic mass is 9.79. The number of aromatic nitrogens is 1. The summed E-state index contributed by atoms with van der Waals surface area (Å²) in [7, 11) is 2.66. The van der Waals surface area contributed by atoms with E-state index >= 15 is 0 Å². The van der Waals surface area contributed by atoms with Gasteiger partial charge in [-0.3, -0.25) is 0 Å². The van der Waals surface area contributed by atoms with Crippen LogP contribution in [-0.2, 0) is 19.1 Å². The van der Waals surface area contributed by atoms with Crippen molar-refractivity contribution in [2.24, 2.45) is 0 Å². The van der Waals surface area contributed by atoms with Crippen molar-refractivity contribution in [3.05, 3.63) is 74.6 Å². The molecule has 9 heteroatoms. The normalized spacial score (nSPS) is 14.2. The molecule has 7 nitrogen and oxygen atoms in total. The van der Waals surface area contributed by atoms with Crippen molar-refractivity contribution in [1.82, 2.24) is 10.3 Å². The minimum Gasteiger partial charge on any atom is -0.466 e. The van der Waals surface area contributed by atoms with E-state index in [0.29, 0.717) is 27.7 Å². The molecule has 0 saturated heterocycles. The van der Waals surface area contributed by atoms with E-state index in [1.807, 2.05) is 46.5 Å². The first-order valence-corrected chi connectivity index (χ1v) is 12.0. The van der Waals surface area contributed by atoms with Gasteiger partial charge in [0, 0.05) is 33.4 Å². The molecule has 0 aliphatic carbocycles. The molecule has 2 aromatic heterocycles. The SMILES string of the molecule is COC(=O)C1=C(C)NC(C)=C(C(=O)OC)C1c1ccccc1Nc1nc(-c2ccsc2)cs1. The van der Waals surface area contributed by atoms with E-state index in [0.717, 1.165) is 22.5 Å². The summed E-state index contributed by atoms with van der Waals surface area (Å²) >= 11 is 3.10. The Kier molecular flexibility index (Phi) is 6.62. The molecule has 33 heavy (non-hydrogen) atoms. The van der Waals surface area contributed by atoms with Gasteiger partial charge >= 0.3 is 11.9 Å². The second-order valence-electron chi connectivity index (χ2n) is 7.38. The van der Waals surface area contributed by atoms with Crippen LogP contribution in [0.25, 0.3) is 11.3 Å². The summed E-state index contributed by atoms with van der Waals surface area (Å²) in [6.45, 7) is 3.58. The van der Waals surface area contributed by atoms with Crippen molar-refractivity contribution >= 4 is 45.4 Å². The molecule has 3 heterocycles. The van der Waals surface area contributed by atoms with Crippen molar-refractivity contribution < 1.29 is 19.1 Å². The van der Waals surface area contributed by atoms with Crippen LogP contribution in [0.2, 0.25) is 0 Å². The third-order valence-electron chi connectivity index (χ3n) is 5.41. The number of thiophene rings is 1. The van der Waals surface area contributed by atoms with Crippen molar-refractivity contribution in [2.75, 3.05) is 19.5 Å². The van der Waals surface area contributed by atoms with E-state index in [1.165, 1.54) is 25.6 Å². The average Bonchev–Trinajstić information content (AvgIpc) is 3.50. The third kappa shape index (κ3) is 4.42. The fraction of sp³-hybridized carbons (Fsp3) is 0.208. The first-order chi connectivity index (χ1) is 15.9. The van der Waals surface area contributed by atoms with Crippen molar-refractivity contribution in [3.8, 4) is 11.3 Å². The van der Waals surface area contributed by atoms with Gasteiger partial charge < -0.3 is 20.1 Å². The second-order valence-corrected chi connectivity index (χ2v) is 9.02. The number of hydrogen-bond acceptors (Lipinski definition) is 9. The number of nitrogens with one attached hydrogen (secondary N) is 2. The zero-order valence-corrected chi connectivity index (χ0v) is 20.2. The Labute approximate surface area is 199 Å². The standard InChI is InChI=1S/C24H23N3O4S2/c1-13-19(22(28)30-3)21(20(14(2)25-13)23(29)31-4)16-7-5-6-8-17(16)26-24-27-18(12-33-24)15-9-10-32-11-15/h5-12,21,25H,1-4H3,(H,26,27). The largest absolute Gasteiger partial charge is 0.466 e. The number of benzene rings is 1. The number of ether oxygens (including phenoxy) is 2. The number of anilines is 2. The molecule has 3 aromatic rings. The Morgan fingerprint density at radius 2 is 1.67 bits per heavy atom. The maximum Gasteiger partial charge on any atom is 0.336 e. The maximum absolute atomic E-state index is 12.8. The Bertz CT molecular complexity index is 1220. The fourth-order valence-electron chi connectivity index (χ4n) is 3.92. The van der Waals surface area contributed by atoms with Gasteiger partial charge in [-0.25, -0.2) is 14.6 Å². The minimum atomic E-state index is -0.675. The van der Waals surface area contributed by atoms with Gasteiger partial charge in [-0.1, -0.05) is 18.2 Å². The van der Waals surface area contributed by atoms with Crippen molar-refractivity contribution in [3.63, 3.8) is 0 Å². The highest BCUT2D eigenvalue weighted by Gasteiger charge is 2.38. The zero-order valence-electron chi connectivity index (χ0n) is 18.6. The van der Waals surface area contributed by atoms with Gasteiger partial charge in [0.1, 0.15) is 0 Å². The van der Waals surface area contributed by atoms with Gasteiger partial charge in [-0.2, -0.15) is 11.3 Å². The topological polar surface area (TPSA) is 89.5 Å². The number of para-hydroxylation sites is 1. The van der Waals surface area contributed by atoms with E-state index in [1.54, 1.807) is 25.2 Å². The lowest BCUT2D eigenvalue weighted by molar-refractivity contribution is -0.137. The second kappa shape index (κ2) is 9.60. The van der Waals surface area contributed by atoms with Crippen LogP contribution >= 0.6 is 22.7 Å². The Morgan fingerprint density at radius 1 is 1.00 bits per heavy atom. The number of hydrogen-bond donors (Lipinski definition) is 2. The van der Waals surface area contributed by atoms with Gasteiger partial charge in [0.2, 0.25) is 0 Å². The quantitative estimate of drug-likeness (QED) is 0.468. The first kappa shape index (κ1) is 22.8. The number of thiazole rings is 1. The Morgan fingerprint density at radius 3 is 2.27 bits per heavy atom. The highest BCUT2D eigenvalue weighted by Crippen LogP contribution is 2.42. The van der Waals surface area contributed by atoms with Crippen LogP contribution < -0.4 is 10.6 Å². The number of allylic oxidation sites excluding steroid dienone is 2. The lowest BCUT2D eigenvalue weighted by Crippen LogP contribution is -2.32. The molecule has 0 spiro atoms. The molecule has 4 rings (SSSR count). The number of esters is 2. The predicted octanol–water partition coefficient (Wildman–Crippen LogP) is 5.20. The molecule has 1 aliphatic heterocycles. The summed E-state index contributed by atoms with van der Waals surface area (Å²) < 4.78 is 10.1. The maximum atomic E-state index is 12.8. The highest BCUT2D eigenvalue weighted by molar-refractivity contribution is 7.14.